The van der Waals surface area contributed by atoms with E-state index in [1.54, 1.807) is 12.1 Å². The number of amides is 1. The molecule has 172 valence electrons. The number of hydrogen-bond acceptors (Lipinski definition) is 7. The molecule has 10 heteroatoms. The van der Waals surface area contributed by atoms with Crippen LogP contribution in [0, 0.1) is 0 Å². The Kier molecular flexibility index (Phi) is 7.56. The van der Waals surface area contributed by atoms with Crippen LogP contribution < -0.4 is 5.32 Å². The first-order valence-corrected chi connectivity index (χ1v) is 11.7. The second-order valence-corrected chi connectivity index (χ2v) is 8.49. The highest BCUT2D eigenvalue weighted by Gasteiger charge is 2.21. The molecule has 0 aliphatic heterocycles. The quantitative estimate of drug-likeness (QED) is 0.282. The van der Waals surface area contributed by atoms with Crippen molar-refractivity contribution in [3.05, 3.63) is 84.0 Å². The van der Waals surface area contributed by atoms with Crippen LogP contribution in [0.4, 0.5) is 5.82 Å². The van der Waals surface area contributed by atoms with Crippen LogP contribution in [0.15, 0.2) is 84.1 Å². The van der Waals surface area contributed by atoms with Gasteiger partial charge in [-0.1, -0.05) is 71.9 Å². The Labute approximate surface area is 205 Å². The molecule has 2 aromatic heterocycles. The van der Waals surface area contributed by atoms with Crippen LogP contribution in [0.5, 0.6) is 0 Å². The van der Waals surface area contributed by atoms with Crippen molar-refractivity contribution in [3.63, 3.8) is 0 Å². The van der Waals surface area contributed by atoms with Gasteiger partial charge in [0.2, 0.25) is 0 Å². The van der Waals surface area contributed by atoms with E-state index in [0.717, 1.165) is 11.3 Å². The Morgan fingerprint density at radius 3 is 2.41 bits per heavy atom. The number of carbonyl (C=O) groups excluding carboxylic acids is 2. The van der Waals surface area contributed by atoms with Crippen molar-refractivity contribution in [2.75, 3.05) is 11.1 Å². The zero-order chi connectivity index (χ0) is 23.9. The van der Waals surface area contributed by atoms with Crippen LogP contribution in [0.25, 0.3) is 17.1 Å². The summed E-state index contributed by atoms with van der Waals surface area (Å²) in [6.45, 7) is 1.49. The van der Waals surface area contributed by atoms with Crippen molar-refractivity contribution >= 4 is 41.1 Å². The molecular weight excluding hydrogens is 474 g/mol. The Balaban J connectivity index is 1.43. The monoisotopic (exact) mass is 493 g/mol. The van der Waals surface area contributed by atoms with E-state index in [0.29, 0.717) is 21.8 Å². The molecule has 2 aromatic carbocycles. The maximum absolute atomic E-state index is 12.4. The SMILES string of the molecule is CC(OC(=O)CSc1nnc(-c2ccccc2)n1-c1ccccc1)C(=O)Nc1ccc(Cl)cn1. The highest BCUT2D eigenvalue weighted by molar-refractivity contribution is 7.99. The van der Waals surface area contributed by atoms with Crippen LogP contribution in [0.2, 0.25) is 5.02 Å². The number of para-hydroxylation sites is 1. The second-order valence-electron chi connectivity index (χ2n) is 7.11. The van der Waals surface area contributed by atoms with Gasteiger partial charge in [-0.25, -0.2) is 4.98 Å². The number of hydrogen-bond donors (Lipinski definition) is 1. The summed E-state index contributed by atoms with van der Waals surface area (Å²) in [6.07, 6.45) is 0.411. The molecule has 1 atom stereocenters. The average molecular weight is 494 g/mol. The molecule has 0 spiro atoms. The fourth-order valence-electron chi connectivity index (χ4n) is 3.03. The van der Waals surface area contributed by atoms with Gasteiger partial charge in [-0.05, 0) is 31.2 Å². The van der Waals surface area contributed by atoms with Crippen molar-refractivity contribution in [1.29, 1.82) is 0 Å². The minimum atomic E-state index is -1.00. The van der Waals surface area contributed by atoms with E-state index in [4.69, 9.17) is 16.3 Å². The summed E-state index contributed by atoms with van der Waals surface area (Å²) in [5, 5.41) is 12.2. The van der Waals surface area contributed by atoms with Crippen LogP contribution in [-0.2, 0) is 14.3 Å². The van der Waals surface area contributed by atoms with Crippen LogP contribution in [-0.4, -0.2) is 43.5 Å². The van der Waals surface area contributed by atoms with E-state index in [1.807, 2.05) is 65.2 Å². The van der Waals surface area contributed by atoms with Gasteiger partial charge in [0.15, 0.2) is 17.1 Å². The highest BCUT2D eigenvalue weighted by Crippen LogP contribution is 2.28. The Morgan fingerprint density at radius 2 is 1.74 bits per heavy atom. The highest BCUT2D eigenvalue weighted by atomic mass is 35.5. The van der Waals surface area contributed by atoms with Crippen molar-refractivity contribution in [1.82, 2.24) is 19.7 Å². The number of aromatic nitrogens is 4. The van der Waals surface area contributed by atoms with Gasteiger partial charge in [-0.2, -0.15) is 0 Å². The zero-order valence-corrected chi connectivity index (χ0v) is 19.7. The summed E-state index contributed by atoms with van der Waals surface area (Å²) in [5.74, 6) is -0.120. The minimum Gasteiger partial charge on any atom is -0.452 e. The number of nitrogens with one attached hydrogen (secondary N) is 1. The lowest BCUT2D eigenvalue weighted by atomic mass is 10.2. The van der Waals surface area contributed by atoms with Crippen molar-refractivity contribution in [2.24, 2.45) is 0 Å². The number of nitrogens with zero attached hydrogens (tertiary/aromatic N) is 4. The molecule has 0 saturated carbocycles. The third kappa shape index (κ3) is 5.81. The number of pyridine rings is 1. The lowest BCUT2D eigenvalue weighted by Gasteiger charge is -2.13. The number of carbonyl (C=O) groups is 2. The first-order valence-electron chi connectivity index (χ1n) is 10.3. The third-order valence-electron chi connectivity index (χ3n) is 4.65. The number of esters is 1. The van der Waals surface area contributed by atoms with Gasteiger partial charge in [-0.15, -0.1) is 10.2 Å². The van der Waals surface area contributed by atoms with E-state index >= 15 is 0 Å². The molecule has 34 heavy (non-hydrogen) atoms. The Bertz CT molecular complexity index is 1270. The van der Waals surface area contributed by atoms with Crippen LogP contribution in [0.3, 0.4) is 0 Å². The smallest absolute Gasteiger partial charge is 0.317 e. The predicted molar refractivity (Wildman–Crippen MR) is 131 cm³/mol. The van der Waals surface area contributed by atoms with Crippen LogP contribution in [0.1, 0.15) is 6.92 Å². The molecule has 0 radical (unpaired) electrons. The molecule has 2 heterocycles. The van der Waals surface area contributed by atoms with Gasteiger partial charge in [0, 0.05) is 17.4 Å². The first-order chi connectivity index (χ1) is 16.5. The summed E-state index contributed by atoms with van der Waals surface area (Å²) in [7, 11) is 0. The molecule has 0 bridgehead atoms. The van der Waals surface area contributed by atoms with E-state index in [-0.39, 0.29) is 5.75 Å². The van der Waals surface area contributed by atoms with E-state index in [1.165, 1.54) is 24.9 Å². The summed E-state index contributed by atoms with van der Waals surface area (Å²) in [5.41, 5.74) is 1.76. The van der Waals surface area contributed by atoms with Crippen molar-refractivity contribution in [2.45, 2.75) is 18.2 Å². The fraction of sp³-hybridized carbons (Fsp3) is 0.125. The molecule has 1 amide bonds. The number of rotatable bonds is 8. The zero-order valence-electron chi connectivity index (χ0n) is 18.1. The molecule has 4 rings (SSSR count). The topological polar surface area (TPSA) is 99.0 Å². The summed E-state index contributed by atoms with van der Waals surface area (Å²) >= 11 is 6.97. The summed E-state index contributed by atoms with van der Waals surface area (Å²) in [6, 6.07) is 22.5. The molecule has 1 unspecified atom stereocenters. The number of ether oxygens (including phenoxy) is 1. The van der Waals surface area contributed by atoms with Gasteiger partial charge in [0.1, 0.15) is 5.82 Å². The lowest BCUT2D eigenvalue weighted by Crippen LogP contribution is -2.30. The molecule has 0 fully saturated rings. The normalized spacial score (nSPS) is 11.6. The van der Waals surface area contributed by atoms with Gasteiger partial charge in [0.25, 0.3) is 5.91 Å². The Morgan fingerprint density at radius 1 is 1.03 bits per heavy atom. The van der Waals surface area contributed by atoms with E-state index < -0.39 is 18.0 Å². The minimum absolute atomic E-state index is 0.0451. The molecule has 0 saturated heterocycles. The van der Waals surface area contributed by atoms with Crippen LogP contribution >= 0.6 is 23.4 Å². The van der Waals surface area contributed by atoms with Crippen molar-refractivity contribution < 1.29 is 14.3 Å². The summed E-state index contributed by atoms with van der Waals surface area (Å²) < 4.78 is 7.17. The standard InChI is InChI=1S/C24H20ClN5O3S/c1-16(23(32)27-20-13-12-18(25)14-26-20)33-21(31)15-34-24-29-28-22(17-8-4-2-5-9-17)30(24)19-10-6-3-7-11-19/h2-14,16H,15H2,1H3,(H,26,27,32). The summed E-state index contributed by atoms with van der Waals surface area (Å²) in [4.78, 5) is 28.7. The molecule has 4 aromatic rings. The molecule has 0 aliphatic rings. The van der Waals surface area contributed by atoms with E-state index in [2.05, 4.69) is 20.5 Å². The molecular formula is C24H20ClN5O3S. The van der Waals surface area contributed by atoms with Gasteiger partial charge in [0.05, 0.1) is 10.8 Å². The van der Waals surface area contributed by atoms with Crippen molar-refractivity contribution in [3.8, 4) is 17.1 Å². The predicted octanol–water partition coefficient (Wildman–Crippen LogP) is 4.65. The molecule has 8 nitrogen and oxygen atoms in total. The fourth-order valence-corrected chi connectivity index (χ4v) is 3.88. The first kappa shape index (κ1) is 23.5. The second kappa shape index (κ2) is 11.0. The molecule has 0 aliphatic carbocycles. The number of anilines is 1. The van der Waals surface area contributed by atoms with E-state index in [9.17, 15) is 9.59 Å². The van der Waals surface area contributed by atoms with Gasteiger partial charge >= 0.3 is 5.97 Å². The van der Waals surface area contributed by atoms with Gasteiger partial charge < -0.3 is 10.1 Å². The average Bonchev–Trinajstić information content (AvgIpc) is 3.29. The maximum Gasteiger partial charge on any atom is 0.317 e. The number of thioether (sulfide) groups is 1. The maximum atomic E-state index is 12.4. The van der Waals surface area contributed by atoms with Gasteiger partial charge in [-0.3, -0.25) is 14.2 Å². The Hall–Kier alpha value is -3.69. The number of benzene rings is 2. The molecule has 1 N–H and O–H groups in total. The largest absolute Gasteiger partial charge is 0.452 e. The number of halogens is 1. The third-order valence-corrected chi connectivity index (χ3v) is 5.78. The lowest BCUT2D eigenvalue weighted by molar-refractivity contribution is -0.150.